The van der Waals surface area contributed by atoms with Crippen molar-refractivity contribution in [2.45, 2.75) is 32.9 Å². The van der Waals surface area contributed by atoms with E-state index < -0.39 is 0 Å². The van der Waals surface area contributed by atoms with Gasteiger partial charge in [-0.3, -0.25) is 4.79 Å². The first-order valence-corrected chi connectivity index (χ1v) is 7.48. The van der Waals surface area contributed by atoms with Crippen LogP contribution in [-0.2, 0) is 11.4 Å². The number of nitrogens with one attached hydrogen (secondary N) is 2. The Kier molecular flexibility index (Phi) is 5.55. The molecule has 22 heavy (non-hydrogen) atoms. The fourth-order valence-corrected chi connectivity index (χ4v) is 2.23. The van der Waals surface area contributed by atoms with E-state index in [0.29, 0.717) is 6.42 Å². The predicted molar refractivity (Wildman–Crippen MR) is 89.8 cm³/mol. The maximum atomic E-state index is 11.5. The molecule has 0 bridgehead atoms. The van der Waals surface area contributed by atoms with Crippen molar-refractivity contribution in [2.24, 2.45) is 0 Å². The number of rotatable bonds is 6. The number of aliphatic hydroxyl groups is 1. The van der Waals surface area contributed by atoms with Crippen LogP contribution in [0.1, 0.15) is 37.4 Å². The highest BCUT2D eigenvalue weighted by atomic mass is 16.3. The summed E-state index contributed by atoms with van der Waals surface area (Å²) in [4.78, 5) is 11.5. The molecule has 0 aromatic heterocycles. The lowest BCUT2D eigenvalue weighted by Gasteiger charge is -2.17. The van der Waals surface area contributed by atoms with Crippen LogP contribution in [0.2, 0.25) is 0 Å². The third-order valence-corrected chi connectivity index (χ3v) is 3.48. The maximum absolute atomic E-state index is 11.5. The molecule has 0 spiro atoms. The van der Waals surface area contributed by atoms with Gasteiger partial charge in [0.15, 0.2) is 0 Å². The smallest absolute Gasteiger partial charge is 0.224 e. The van der Waals surface area contributed by atoms with Gasteiger partial charge in [-0.1, -0.05) is 37.3 Å². The molecule has 4 nitrogen and oxygen atoms in total. The zero-order valence-electron chi connectivity index (χ0n) is 13.0. The summed E-state index contributed by atoms with van der Waals surface area (Å²) in [6.45, 7) is 3.93. The predicted octanol–water partition coefficient (Wildman–Crippen LogP) is 3.70. The number of hydrogen-bond donors (Lipinski definition) is 3. The van der Waals surface area contributed by atoms with E-state index >= 15 is 0 Å². The number of carbonyl (C=O) groups excluding carboxylic acids is 1. The first-order valence-electron chi connectivity index (χ1n) is 7.48. The molecular formula is C18H22N2O2. The van der Waals surface area contributed by atoms with Crippen molar-refractivity contribution in [3.8, 4) is 0 Å². The summed E-state index contributed by atoms with van der Waals surface area (Å²) >= 11 is 0. The SMILES string of the molecule is CCC(=O)Nc1cccc(NC(C)c2cccc(CO)c2)c1. The first kappa shape index (κ1) is 16.0. The van der Waals surface area contributed by atoms with Crippen molar-refractivity contribution < 1.29 is 9.90 Å². The van der Waals surface area contributed by atoms with Gasteiger partial charge >= 0.3 is 0 Å². The summed E-state index contributed by atoms with van der Waals surface area (Å²) in [5.74, 6) is 0.000783. The lowest BCUT2D eigenvalue weighted by Crippen LogP contribution is -2.10. The van der Waals surface area contributed by atoms with Crippen LogP contribution >= 0.6 is 0 Å². The molecule has 0 aliphatic heterocycles. The molecule has 2 aromatic rings. The number of anilines is 2. The highest BCUT2D eigenvalue weighted by Gasteiger charge is 2.07. The Bertz CT molecular complexity index is 640. The number of benzene rings is 2. The van der Waals surface area contributed by atoms with Gasteiger partial charge in [-0.15, -0.1) is 0 Å². The van der Waals surface area contributed by atoms with Crippen molar-refractivity contribution in [1.82, 2.24) is 0 Å². The Hall–Kier alpha value is -2.33. The minimum Gasteiger partial charge on any atom is -0.392 e. The Morgan fingerprint density at radius 3 is 2.59 bits per heavy atom. The third kappa shape index (κ3) is 4.33. The Balaban J connectivity index is 2.09. The van der Waals surface area contributed by atoms with Gasteiger partial charge in [-0.25, -0.2) is 0 Å². The minimum atomic E-state index is 0.000783. The van der Waals surface area contributed by atoms with Gasteiger partial charge in [0, 0.05) is 23.8 Å². The van der Waals surface area contributed by atoms with Gasteiger partial charge in [0.05, 0.1) is 6.61 Å². The van der Waals surface area contributed by atoms with Crippen molar-refractivity contribution in [1.29, 1.82) is 0 Å². The van der Waals surface area contributed by atoms with Gasteiger partial charge in [0.1, 0.15) is 0 Å². The van der Waals surface area contributed by atoms with Crippen molar-refractivity contribution in [3.05, 3.63) is 59.7 Å². The summed E-state index contributed by atoms with van der Waals surface area (Å²) in [6.07, 6.45) is 0.460. The Morgan fingerprint density at radius 2 is 1.86 bits per heavy atom. The van der Waals surface area contributed by atoms with E-state index in [9.17, 15) is 9.90 Å². The van der Waals surface area contributed by atoms with Gasteiger partial charge in [0.25, 0.3) is 0 Å². The highest BCUT2D eigenvalue weighted by molar-refractivity contribution is 5.90. The molecule has 3 N–H and O–H groups in total. The monoisotopic (exact) mass is 298 g/mol. The normalized spacial score (nSPS) is 11.8. The van der Waals surface area contributed by atoms with Crippen LogP contribution in [0.15, 0.2) is 48.5 Å². The topological polar surface area (TPSA) is 61.4 Å². The van der Waals surface area contributed by atoms with E-state index in [2.05, 4.69) is 17.6 Å². The van der Waals surface area contributed by atoms with Crippen LogP contribution < -0.4 is 10.6 Å². The Labute approximate surface area is 131 Å². The van der Waals surface area contributed by atoms with E-state index in [1.165, 1.54) is 0 Å². The maximum Gasteiger partial charge on any atom is 0.224 e. The molecule has 1 unspecified atom stereocenters. The molecular weight excluding hydrogens is 276 g/mol. The lowest BCUT2D eigenvalue weighted by atomic mass is 10.1. The van der Waals surface area contributed by atoms with Crippen molar-refractivity contribution in [3.63, 3.8) is 0 Å². The minimum absolute atomic E-state index is 0.000783. The summed E-state index contributed by atoms with van der Waals surface area (Å²) in [7, 11) is 0. The van der Waals surface area contributed by atoms with Gasteiger partial charge in [0.2, 0.25) is 5.91 Å². The number of aliphatic hydroxyl groups excluding tert-OH is 1. The number of carbonyl (C=O) groups is 1. The fourth-order valence-electron chi connectivity index (χ4n) is 2.23. The van der Waals surface area contributed by atoms with Crippen LogP contribution in [0.4, 0.5) is 11.4 Å². The van der Waals surface area contributed by atoms with Crippen LogP contribution in [0.25, 0.3) is 0 Å². The summed E-state index contributed by atoms with van der Waals surface area (Å²) in [5.41, 5.74) is 3.73. The second kappa shape index (κ2) is 7.61. The lowest BCUT2D eigenvalue weighted by molar-refractivity contribution is -0.115. The number of amides is 1. The zero-order chi connectivity index (χ0) is 15.9. The quantitative estimate of drug-likeness (QED) is 0.762. The molecule has 0 saturated heterocycles. The molecule has 2 aromatic carbocycles. The van der Waals surface area contributed by atoms with Crippen LogP contribution in [0.3, 0.4) is 0 Å². The van der Waals surface area contributed by atoms with E-state index in [1.54, 1.807) is 0 Å². The van der Waals surface area contributed by atoms with Gasteiger partial charge < -0.3 is 15.7 Å². The third-order valence-electron chi connectivity index (χ3n) is 3.48. The van der Waals surface area contributed by atoms with Crippen LogP contribution in [0, 0.1) is 0 Å². The van der Waals surface area contributed by atoms with Gasteiger partial charge in [-0.2, -0.15) is 0 Å². The van der Waals surface area contributed by atoms with Crippen molar-refractivity contribution >= 4 is 17.3 Å². The Morgan fingerprint density at radius 1 is 1.14 bits per heavy atom. The van der Waals surface area contributed by atoms with Crippen LogP contribution in [0.5, 0.6) is 0 Å². The molecule has 1 amide bonds. The second-order valence-corrected chi connectivity index (χ2v) is 5.25. The van der Waals surface area contributed by atoms with Crippen molar-refractivity contribution in [2.75, 3.05) is 10.6 Å². The summed E-state index contributed by atoms with van der Waals surface area (Å²) in [5, 5.41) is 15.5. The summed E-state index contributed by atoms with van der Waals surface area (Å²) in [6, 6.07) is 15.6. The fraction of sp³-hybridized carbons (Fsp3) is 0.278. The van der Waals surface area contributed by atoms with E-state index in [-0.39, 0.29) is 18.6 Å². The largest absolute Gasteiger partial charge is 0.392 e. The average molecular weight is 298 g/mol. The highest BCUT2D eigenvalue weighted by Crippen LogP contribution is 2.22. The first-order chi connectivity index (χ1) is 10.6. The molecule has 116 valence electrons. The van der Waals surface area contributed by atoms with Gasteiger partial charge in [-0.05, 0) is 36.2 Å². The zero-order valence-corrected chi connectivity index (χ0v) is 13.0. The van der Waals surface area contributed by atoms with E-state index in [1.807, 2.05) is 55.5 Å². The average Bonchev–Trinajstić information content (AvgIpc) is 2.55. The molecule has 2 rings (SSSR count). The number of hydrogen-bond acceptors (Lipinski definition) is 3. The molecule has 0 fully saturated rings. The molecule has 0 saturated carbocycles. The summed E-state index contributed by atoms with van der Waals surface area (Å²) < 4.78 is 0. The molecule has 0 heterocycles. The molecule has 1 atom stereocenters. The molecule has 0 radical (unpaired) electrons. The molecule has 0 aliphatic carbocycles. The second-order valence-electron chi connectivity index (χ2n) is 5.25. The van der Waals surface area contributed by atoms with E-state index in [0.717, 1.165) is 22.5 Å². The molecule has 0 aliphatic rings. The van der Waals surface area contributed by atoms with Crippen LogP contribution in [-0.4, -0.2) is 11.0 Å². The van der Waals surface area contributed by atoms with E-state index in [4.69, 9.17) is 0 Å². The standard InChI is InChI=1S/C18H22N2O2/c1-3-18(22)20-17-9-5-8-16(11-17)19-13(2)15-7-4-6-14(10-15)12-21/h4-11,13,19,21H,3,12H2,1-2H3,(H,20,22). The molecule has 4 heteroatoms.